The molecule has 1 saturated carbocycles. The molecule has 1 heterocycles. The van der Waals surface area contributed by atoms with Gasteiger partial charge in [0.05, 0.1) is 19.8 Å². The molecule has 0 spiro atoms. The van der Waals surface area contributed by atoms with Crippen molar-refractivity contribution in [2.75, 3.05) is 20.8 Å². The average Bonchev–Trinajstić information content (AvgIpc) is 3.17. The van der Waals surface area contributed by atoms with Gasteiger partial charge in [0.25, 0.3) is 0 Å². The quantitative estimate of drug-likeness (QED) is 0.527. The van der Waals surface area contributed by atoms with Gasteiger partial charge in [-0.05, 0) is 56.5 Å². The average molecular weight is 466 g/mol. The number of rotatable bonds is 8. The van der Waals surface area contributed by atoms with Crippen molar-refractivity contribution in [3.8, 4) is 34.4 Å². The second-order valence-electron chi connectivity index (χ2n) is 9.06. The van der Waals surface area contributed by atoms with Gasteiger partial charge in [-0.3, -0.25) is 4.79 Å². The van der Waals surface area contributed by atoms with Crippen LogP contribution >= 0.6 is 0 Å². The van der Waals surface area contributed by atoms with Crippen molar-refractivity contribution in [1.29, 1.82) is 5.26 Å². The first-order valence-corrected chi connectivity index (χ1v) is 11.1. The summed E-state index contributed by atoms with van der Waals surface area (Å²) in [6.45, 7) is 3.40. The number of carbonyl (C=O) groups is 2. The first kappa shape index (κ1) is 23.4. The maximum absolute atomic E-state index is 13.0. The van der Waals surface area contributed by atoms with Crippen molar-refractivity contribution in [2.24, 2.45) is 5.41 Å². The standard InChI is InChI=1S/C26H27NO7/c1-25(2,14-27)34-24(29)26(10-5-11-26)15-33-21-18(8-9-20(30-3)22(21)31-4)16-6-7-19-17(12-16)13-32-23(19)28/h6-9,12H,5,10-11,13,15H2,1-4H3. The first-order valence-electron chi connectivity index (χ1n) is 11.1. The number of hydrogen-bond acceptors (Lipinski definition) is 8. The molecule has 8 heteroatoms. The molecule has 34 heavy (non-hydrogen) atoms. The molecule has 8 nitrogen and oxygen atoms in total. The van der Waals surface area contributed by atoms with Crippen LogP contribution in [0, 0.1) is 16.7 Å². The number of fused-ring (bicyclic) bond motifs is 1. The fourth-order valence-electron chi connectivity index (χ4n) is 4.15. The van der Waals surface area contributed by atoms with Crippen LogP contribution < -0.4 is 14.2 Å². The highest BCUT2D eigenvalue weighted by Gasteiger charge is 2.48. The predicted molar refractivity (Wildman–Crippen MR) is 122 cm³/mol. The Morgan fingerprint density at radius 2 is 1.85 bits per heavy atom. The van der Waals surface area contributed by atoms with Crippen LogP contribution in [0.4, 0.5) is 0 Å². The molecular weight excluding hydrogens is 438 g/mol. The van der Waals surface area contributed by atoms with Gasteiger partial charge in [0.1, 0.15) is 24.7 Å². The van der Waals surface area contributed by atoms with Crippen LogP contribution in [-0.2, 0) is 20.9 Å². The number of nitrogens with zero attached hydrogens (tertiary/aromatic N) is 1. The van der Waals surface area contributed by atoms with Crippen LogP contribution in [0.5, 0.6) is 17.2 Å². The highest BCUT2D eigenvalue weighted by atomic mass is 16.6. The zero-order valence-corrected chi connectivity index (χ0v) is 19.7. The first-order chi connectivity index (χ1) is 16.2. The molecule has 0 atom stereocenters. The summed E-state index contributed by atoms with van der Waals surface area (Å²) in [7, 11) is 3.06. The van der Waals surface area contributed by atoms with Gasteiger partial charge < -0.3 is 23.7 Å². The van der Waals surface area contributed by atoms with Gasteiger partial charge >= 0.3 is 11.9 Å². The second kappa shape index (κ2) is 8.90. The van der Waals surface area contributed by atoms with E-state index in [0.29, 0.717) is 35.7 Å². The molecule has 0 saturated heterocycles. The molecular formula is C26H27NO7. The zero-order chi connectivity index (χ0) is 24.5. The van der Waals surface area contributed by atoms with Crippen molar-refractivity contribution in [3.63, 3.8) is 0 Å². The Bertz CT molecular complexity index is 1170. The van der Waals surface area contributed by atoms with Gasteiger partial charge in [-0.2, -0.15) is 5.26 Å². The molecule has 2 aliphatic rings. The van der Waals surface area contributed by atoms with E-state index in [1.165, 1.54) is 14.2 Å². The number of esters is 2. The van der Waals surface area contributed by atoms with E-state index >= 15 is 0 Å². The molecule has 0 amide bonds. The summed E-state index contributed by atoms with van der Waals surface area (Å²) in [5.41, 5.74) is 0.813. The Morgan fingerprint density at radius 3 is 2.47 bits per heavy atom. The third-order valence-electron chi connectivity index (χ3n) is 6.35. The Hall–Kier alpha value is -3.73. The number of methoxy groups -OCH3 is 2. The third-order valence-corrected chi connectivity index (χ3v) is 6.35. The minimum absolute atomic E-state index is 0.0659. The van der Waals surface area contributed by atoms with Crippen molar-refractivity contribution in [3.05, 3.63) is 41.5 Å². The van der Waals surface area contributed by atoms with Crippen LogP contribution in [0.15, 0.2) is 30.3 Å². The molecule has 0 radical (unpaired) electrons. The monoisotopic (exact) mass is 465 g/mol. The summed E-state index contributed by atoms with van der Waals surface area (Å²) < 4.78 is 28.0. The zero-order valence-electron chi connectivity index (χ0n) is 19.7. The Kier molecular flexibility index (Phi) is 6.13. The predicted octanol–water partition coefficient (Wildman–Crippen LogP) is 4.44. The van der Waals surface area contributed by atoms with E-state index in [1.54, 1.807) is 26.0 Å². The Labute approximate surface area is 198 Å². The number of cyclic esters (lactones) is 1. The second-order valence-corrected chi connectivity index (χ2v) is 9.06. The molecule has 4 rings (SSSR count). The summed E-state index contributed by atoms with van der Waals surface area (Å²) in [5.74, 6) is 0.522. The Morgan fingerprint density at radius 1 is 1.12 bits per heavy atom. The van der Waals surface area contributed by atoms with Crippen LogP contribution in [0.1, 0.15) is 49.0 Å². The molecule has 0 bridgehead atoms. The van der Waals surface area contributed by atoms with Crippen LogP contribution in [0.3, 0.4) is 0 Å². The number of benzene rings is 2. The third kappa shape index (κ3) is 4.14. The highest BCUT2D eigenvalue weighted by Crippen LogP contribution is 2.48. The number of carbonyl (C=O) groups excluding carboxylic acids is 2. The van der Waals surface area contributed by atoms with E-state index in [0.717, 1.165) is 23.1 Å². The van der Waals surface area contributed by atoms with E-state index in [-0.39, 0.29) is 19.2 Å². The van der Waals surface area contributed by atoms with Gasteiger partial charge in [-0.15, -0.1) is 0 Å². The largest absolute Gasteiger partial charge is 0.493 e. The van der Waals surface area contributed by atoms with Crippen LogP contribution in [0.2, 0.25) is 0 Å². The van der Waals surface area contributed by atoms with Crippen molar-refractivity contribution in [2.45, 2.75) is 45.3 Å². The lowest BCUT2D eigenvalue weighted by molar-refractivity contribution is -0.173. The van der Waals surface area contributed by atoms with Crippen molar-refractivity contribution in [1.82, 2.24) is 0 Å². The smallest absolute Gasteiger partial charge is 0.338 e. The molecule has 0 N–H and O–H groups in total. The minimum Gasteiger partial charge on any atom is -0.493 e. The molecule has 2 aromatic rings. The normalized spacial score (nSPS) is 15.9. The molecule has 1 aliphatic heterocycles. The van der Waals surface area contributed by atoms with Gasteiger partial charge in [0, 0.05) is 11.1 Å². The molecule has 178 valence electrons. The van der Waals surface area contributed by atoms with Crippen LogP contribution in [0.25, 0.3) is 11.1 Å². The molecule has 1 fully saturated rings. The van der Waals surface area contributed by atoms with Gasteiger partial charge in [0.2, 0.25) is 5.75 Å². The van der Waals surface area contributed by atoms with Gasteiger partial charge in [-0.25, -0.2) is 4.79 Å². The van der Waals surface area contributed by atoms with Crippen LogP contribution in [-0.4, -0.2) is 38.4 Å². The summed E-state index contributed by atoms with van der Waals surface area (Å²) in [6.07, 6.45) is 2.08. The van der Waals surface area contributed by atoms with E-state index in [1.807, 2.05) is 24.3 Å². The lowest BCUT2D eigenvalue weighted by Gasteiger charge is -2.40. The number of ether oxygens (including phenoxy) is 5. The molecule has 2 aromatic carbocycles. The van der Waals surface area contributed by atoms with Crippen molar-refractivity contribution < 1.29 is 33.3 Å². The van der Waals surface area contributed by atoms with Crippen molar-refractivity contribution >= 4 is 11.9 Å². The number of nitriles is 1. The lowest BCUT2D eigenvalue weighted by atomic mass is 9.69. The van der Waals surface area contributed by atoms with E-state index < -0.39 is 17.0 Å². The summed E-state index contributed by atoms with van der Waals surface area (Å²) >= 11 is 0. The lowest BCUT2D eigenvalue weighted by Crippen LogP contribution is -2.47. The summed E-state index contributed by atoms with van der Waals surface area (Å²) in [5, 5.41) is 9.26. The maximum atomic E-state index is 13.0. The Balaban J connectivity index is 1.69. The fourth-order valence-corrected chi connectivity index (χ4v) is 4.15. The minimum atomic E-state index is -1.22. The fraction of sp³-hybridized carbons (Fsp3) is 0.423. The maximum Gasteiger partial charge on any atom is 0.338 e. The van der Waals surface area contributed by atoms with Gasteiger partial charge in [0.15, 0.2) is 17.1 Å². The SMILES string of the molecule is COc1ccc(-c2ccc3c(c2)COC3=O)c(OCC2(C(=O)OC(C)(C)C#N)CCC2)c1OC. The number of hydrogen-bond donors (Lipinski definition) is 0. The summed E-state index contributed by atoms with van der Waals surface area (Å²) in [6, 6.07) is 11.1. The molecule has 0 unspecified atom stereocenters. The van der Waals surface area contributed by atoms with E-state index in [9.17, 15) is 14.9 Å². The highest BCUT2D eigenvalue weighted by molar-refractivity contribution is 5.94. The van der Waals surface area contributed by atoms with E-state index in [2.05, 4.69) is 0 Å². The van der Waals surface area contributed by atoms with Gasteiger partial charge in [-0.1, -0.05) is 12.5 Å². The summed E-state index contributed by atoms with van der Waals surface area (Å²) in [4.78, 5) is 24.8. The van der Waals surface area contributed by atoms with E-state index in [4.69, 9.17) is 23.7 Å². The molecule has 1 aliphatic carbocycles. The topological polar surface area (TPSA) is 104 Å². The molecule has 0 aromatic heterocycles.